The Balaban J connectivity index is 1.91. The maximum atomic E-state index is 10.9. The van der Waals surface area contributed by atoms with Gasteiger partial charge in [-0.25, -0.2) is 4.98 Å². The van der Waals surface area contributed by atoms with E-state index >= 15 is 0 Å². The fraction of sp³-hybridized carbons (Fsp3) is 0.286. The molecule has 0 amide bonds. The molecular formula is C14H14N2O2S. The van der Waals surface area contributed by atoms with E-state index < -0.39 is 12.0 Å². The molecule has 0 saturated heterocycles. The first kappa shape index (κ1) is 12.3. The summed E-state index contributed by atoms with van der Waals surface area (Å²) in [7, 11) is 0. The van der Waals surface area contributed by atoms with Gasteiger partial charge in [0.05, 0.1) is 5.69 Å². The zero-order valence-electron chi connectivity index (χ0n) is 10.2. The van der Waals surface area contributed by atoms with Crippen molar-refractivity contribution in [2.45, 2.75) is 24.8 Å². The number of carboxylic acids is 1. The molecule has 0 radical (unpaired) electrons. The van der Waals surface area contributed by atoms with Crippen LogP contribution in [0.2, 0.25) is 0 Å². The van der Waals surface area contributed by atoms with E-state index in [0.29, 0.717) is 5.69 Å². The van der Waals surface area contributed by atoms with E-state index in [1.54, 1.807) is 5.38 Å². The monoisotopic (exact) mass is 274 g/mol. The van der Waals surface area contributed by atoms with E-state index in [1.807, 2.05) is 6.07 Å². The molecular weight excluding hydrogens is 260 g/mol. The van der Waals surface area contributed by atoms with Gasteiger partial charge in [0.2, 0.25) is 0 Å². The smallest absolute Gasteiger partial charge is 0.326 e. The Morgan fingerprint density at radius 2 is 2.26 bits per heavy atom. The summed E-state index contributed by atoms with van der Waals surface area (Å²) < 4.78 is 0. The largest absolute Gasteiger partial charge is 0.480 e. The fourth-order valence-corrected chi connectivity index (χ4v) is 3.55. The molecule has 1 aromatic carbocycles. The lowest BCUT2D eigenvalue weighted by molar-refractivity contribution is -0.138. The van der Waals surface area contributed by atoms with Crippen LogP contribution in [0.15, 0.2) is 29.6 Å². The van der Waals surface area contributed by atoms with Crippen LogP contribution in [0.5, 0.6) is 0 Å². The topological polar surface area (TPSA) is 76.2 Å². The summed E-state index contributed by atoms with van der Waals surface area (Å²) in [6, 6.07) is 7.34. The fourth-order valence-electron chi connectivity index (χ4n) is 2.54. The molecule has 2 atom stereocenters. The number of fused-ring (bicyclic) bond motifs is 1. The number of nitrogens with two attached hydrogens (primary N) is 1. The number of thiazole rings is 1. The highest BCUT2D eigenvalue weighted by atomic mass is 32.1. The number of aromatic nitrogens is 1. The molecule has 2 aromatic rings. The summed E-state index contributed by atoms with van der Waals surface area (Å²) in [5.74, 6) is -0.750. The van der Waals surface area contributed by atoms with Gasteiger partial charge in [-0.1, -0.05) is 24.3 Å². The summed E-state index contributed by atoms with van der Waals surface area (Å²) in [6.45, 7) is 0. The van der Waals surface area contributed by atoms with E-state index in [2.05, 4.69) is 23.2 Å². The first-order chi connectivity index (χ1) is 9.16. The first-order valence-corrected chi connectivity index (χ1v) is 7.06. The van der Waals surface area contributed by atoms with Crippen LogP contribution in [-0.4, -0.2) is 16.1 Å². The predicted molar refractivity (Wildman–Crippen MR) is 73.3 cm³/mol. The minimum absolute atomic E-state index is 0.288. The van der Waals surface area contributed by atoms with Gasteiger partial charge in [0.25, 0.3) is 0 Å². The summed E-state index contributed by atoms with van der Waals surface area (Å²) in [4.78, 5) is 15.3. The van der Waals surface area contributed by atoms with Crippen LogP contribution in [0.25, 0.3) is 0 Å². The molecule has 98 valence electrons. The molecule has 4 nitrogen and oxygen atoms in total. The number of nitrogens with zero attached hydrogens (tertiary/aromatic N) is 1. The highest BCUT2D eigenvalue weighted by molar-refractivity contribution is 7.09. The lowest BCUT2D eigenvalue weighted by atomic mass is 10.0. The van der Waals surface area contributed by atoms with Gasteiger partial charge in [0.15, 0.2) is 0 Å². The summed E-state index contributed by atoms with van der Waals surface area (Å²) >= 11 is 1.50. The van der Waals surface area contributed by atoms with Gasteiger partial charge in [0, 0.05) is 11.3 Å². The molecule has 1 aliphatic rings. The molecule has 0 spiro atoms. The lowest BCUT2D eigenvalue weighted by Gasteiger charge is -2.08. The van der Waals surface area contributed by atoms with Gasteiger partial charge in [-0.05, 0) is 24.0 Å². The number of aliphatic carboxylic acids is 1. The maximum absolute atomic E-state index is 10.9. The Morgan fingerprint density at radius 1 is 1.47 bits per heavy atom. The zero-order chi connectivity index (χ0) is 13.4. The standard InChI is InChI=1S/C14H14N2O2S/c15-12(14(17)18)11-7-19-13(16-11)10-6-5-8-3-1-2-4-9(8)10/h1-4,7,10,12H,5-6,15H2,(H,17,18). The normalized spacial score (nSPS) is 19.1. The van der Waals surface area contributed by atoms with Crippen LogP contribution in [0.4, 0.5) is 0 Å². The minimum Gasteiger partial charge on any atom is -0.480 e. The van der Waals surface area contributed by atoms with Crippen LogP contribution >= 0.6 is 11.3 Å². The Morgan fingerprint density at radius 3 is 3.05 bits per heavy atom. The average Bonchev–Trinajstić information content (AvgIpc) is 3.03. The van der Waals surface area contributed by atoms with Gasteiger partial charge in [-0.2, -0.15) is 0 Å². The summed E-state index contributed by atoms with van der Waals surface area (Å²) in [6.07, 6.45) is 2.09. The van der Waals surface area contributed by atoms with Gasteiger partial charge in [-0.15, -0.1) is 11.3 Å². The predicted octanol–water partition coefficient (Wildman–Crippen LogP) is 2.31. The van der Waals surface area contributed by atoms with Crippen molar-refractivity contribution in [2.24, 2.45) is 5.73 Å². The highest BCUT2D eigenvalue weighted by Gasteiger charge is 2.27. The van der Waals surface area contributed by atoms with E-state index in [1.165, 1.54) is 22.5 Å². The second-order valence-electron chi connectivity index (χ2n) is 4.72. The molecule has 0 saturated carbocycles. The van der Waals surface area contributed by atoms with Crippen LogP contribution in [-0.2, 0) is 11.2 Å². The number of carbonyl (C=O) groups is 1. The molecule has 0 bridgehead atoms. The lowest BCUT2D eigenvalue weighted by Crippen LogP contribution is -2.21. The van der Waals surface area contributed by atoms with Gasteiger partial charge >= 0.3 is 5.97 Å². The Kier molecular flexibility index (Phi) is 3.08. The molecule has 1 aliphatic carbocycles. The van der Waals surface area contributed by atoms with Crippen molar-refractivity contribution < 1.29 is 9.90 Å². The van der Waals surface area contributed by atoms with E-state index in [-0.39, 0.29) is 5.92 Å². The van der Waals surface area contributed by atoms with Gasteiger partial charge in [-0.3, -0.25) is 4.79 Å². The summed E-state index contributed by atoms with van der Waals surface area (Å²) in [5.41, 5.74) is 8.72. The third-order valence-corrected chi connectivity index (χ3v) is 4.53. The van der Waals surface area contributed by atoms with Crippen LogP contribution in [0.3, 0.4) is 0 Å². The molecule has 19 heavy (non-hydrogen) atoms. The first-order valence-electron chi connectivity index (χ1n) is 6.18. The summed E-state index contributed by atoms with van der Waals surface area (Å²) in [5, 5.41) is 11.6. The van der Waals surface area contributed by atoms with Crippen molar-refractivity contribution >= 4 is 17.3 Å². The maximum Gasteiger partial charge on any atom is 0.326 e. The van der Waals surface area contributed by atoms with Crippen molar-refractivity contribution in [1.29, 1.82) is 0 Å². The average molecular weight is 274 g/mol. The molecule has 3 rings (SSSR count). The number of carboxylic acid groups (broad SMARTS) is 1. The highest BCUT2D eigenvalue weighted by Crippen LogP contribution is 2.39. The molecule has 1 aromatic heterocycles. The quantitative estimate of drug-likeness (QED) is 0.900. The van der Waals surface area contributed by atoms with Crippen molar-refractivity contribution in [3.8, 4) is 0 Å². The number of benzene rings is 1. The van der Waals surface area contributed by atoms with E-state index in [4.69, 9.17) is 10.8 Å². The van der Waals surface area contributed by atoms with Gasteiger partial charge < -0.3 is 10.8 Å². The van der Waals surface area contributed by atoms with E-state index in [0.717, 1.165) is 17.8 Å². The van der Waals surface area contributed by atoms with Gasteiger partial charge in [0.1, 0.15) is 11.0 Å². The number of hydrogen-bond acceptors (Lipinski definition) is 4. The van der Waals surface area contributed by atoms with Crippen LogP contribution in [0, 0.1) is 0 Å². The SMILES string of the molecule is NC(C(=O)O)c1csc(C2CCc3ccccc32)n1. The molecule has 0 aliphatic heterocycles. The minimum atomic E-state index is -1.04. The zero-order valence-corrected chi connectivity index (χ0v) is 11.1. The Labute approximate surface area is 114 Å². The molecule has 5 heteroatoms. The molecule has 3 N–H and O–H groups in total. The number of hydrogen-bond donors (Lipinski definition) is 2. The second-order valence-corrected chi connectivity index (χ2v) is 5.61. The molecule has 1 heterocycles. The van der Waals surface area contributed by atoms with E-state index in [9.17, 15) is 4.79 Å². The Hall–Kier alpha value is -1.72. The van der Waals surface area contributed by atoms with Crippen molar-refractivity contribution in [3.05, 3.63) is 51.5 Å². The van der Waals surface area contributed by atoms with Crippen molar-refractivity contribution in [3.63, 3.8) is 0 Å². The number of aryl methyl sites for hydroxylation is 1. The van der Waals surface area contributed by atoms with Crippen LogP contribution in [0.1, 0.15) is 40.2 Å². The van der Waals surface area contributed by atoms with Crippen molar-refractivity contribution in [1.82, 2.24) is 4.98 Å². The Bertz CT molecular complexity index is 623. The van der Waals surface area contributed by atoms with Crippen molar-refractivity contribution in [2.75, 3.05) is 0 Å². The third kappa shape index (κ3) is 2.15. The second kappa shape index (κ2) is 4.75. The molecule has 2 unspecified atom stereocenters. The molecule has 0 fully saturated rings. The van der Waals surface area contributed by atoms with Crippen LogP contribution < -0.4 is 5.73 Å². The number of rotatable bonds is 3. The third-order valence-electron chi connectivity index (χ3n) is 3.56.